The highest BCUT2D eigenvalue weighted by atomic mass is 32.1. The fraction of sp³-hybridized carbons (Fsp3) is 0.375. The minimum Gasteiger partial charge on any atom is -0.302 e. The number of carbonyl (C=O) groups is 1. The van der Waals surface area contributed by atoms with E-state index in [1.165, 1.54) is 16.9 Å². The Balaban J connectivity index is 2.21. The quantitative estimate of drug-likeness (QED) is 0.885. The highest BCUT2D eigenvalue weighted by Gasteiger charge is 2.11. The summed E-state index contributed by atoms with van der Waals surface area (Å²) in [7, 11) is 0. The summed E-state index contributed by atoms with van der Waals surface area (Å²) in [6.07, 6.45) is 2.73. The Labute approximate surface area is 124 Å². The number of aromatic nitrogens is 1. The number of hydrogen-bond acceptors (Lipinski definition) is 3. The molecule has 106 valence electrons. The van der Waals surface area contributed by atoms with Gasteiger partial charge in [-0.1, -0.05) is 44.5 Å². The first-order chi connectivity index (χ1) is 9.63. The molecule has 1 aromatic heterocycles. The first-order valence-corrected chi connectivity index (χ1v) is 7.82. The molecule has 0 bridgehead atoms. The van der Waals surface area contributed by atoms with Crippen molar-refractivity contribution in [2.75, 3.05) is 5.32 Å². The summed E-state index contributed by atoms with van der Waals surface area (Å²) in [5.74, 6) is 0.00333. The van der Waals surface area contributed by atoms with Crippen molar-refractivity contribution in [3.63, 3.8) is 0 Å². The van der Waals surface area contributed by atoms with Gasteiger partial charge in [-0.2, -0.15) is 0 Å². The van der Waals surface area contributed by atoms with Crippen molar-refractivity contribution >= 4 is 22.4 Å². The zero-order chi connectivity index (χ0) is 14.5. The van der Waals surface area contributed by atoms with Crippen LogP contribution in [0.4, 0.5) is 5.13 Å². The second-order valence-electron chi connectivity index (χ2n) is 4.77. The molecule has 0 radical (unpaired) electrons. The Hall–Kier alpha value is -1.68. The monoisotopic (exact) mass is 288 g/mol. The summed E-state index contributed by atoms with van der Waals surface area (Å²) in [4.78, 5) is 17.1. The van der Waals surface area contributed by atoms with E-state index in [9.17, 15) is 4.79 Å². The molecule has 1 heterocycles. The third kappa shape index (κ3) is 3.45. The van der Waals surface area contributed by atoms with Crippen LogP contribution in [0.3, 0.4) is 0 Å². The average molecular weight is 288 g/mol. The maximum atomic E-state index is 11.4. The fourth-order valence-electron chi connectivity index (χ4n) is 2.04. The van der Waals surface area contributed by atoms with E-state index >= 15 is 0 Å². The first kappa shape index (κ1) is 14.7. The van der Waals surface area contributed by atoms with Gasteiger partial charge in [0.05, 0.1) is 5.69 Å². The summed E-state index contributed by atoms with van der Waals surface area (Å²) in [5, 5.41) is 3.51. The number of thiazole rings is 1. The Bertz CT molecular complexity index is 587. The smallest absolute Gasteiger partial charge is 0.225 e. The van der Waals surface area contributed by atoms with Gasteiger partial charge in [-0.05, 0) is 18.9 Å². The summed E-state index contributed by atoms with van der Waals surface area (Å²) in [6, 6.07) is 8.53. The maximum absolute atomic E-state index is 11.4. The standard InChI is InChI=1S/C16H20N2OS/c1-4-6-12-7-9-13(10-8-12)15-11(3)20-16(18-15)17-14(19)5-2/h7-10H,4-6H2,1-3H3,(H,17,18,19). The van der Waals surface area contributed by atoms with Gasteiger partial charge in [0, 0.05) is 16.9 Å². The van der Waals surface area contributed by atoms with E-state index in [-0.39, 0.29) is 5.91 Å². The zero-order valence-corrected chi connectivity index (χ0v) is 13.0. The lowest BCUT2D eigenvalue weighted by Crippen LogP contribution is -2.08. The van der Waals surface area contributed by atoms with Crippen LogP contribution < -0.4 is 5.32 Å². The van der Waals surface area contributed by atoms with Gasteiger partial charge in [0.1, 0.15) is 0 Å². The van der Waals surface area contributed by atoms with E-state index < -0.39 is 0 Å². The third-order valence-corrected chi connectivity index (χ3v) is 4.02. The lowest BCUT2D eigenvalue weighted by atomic mass is 10.1. The number of nitrogens with zero attached hydrogens (tertiary/aromatic N) is 1. The van der Waals surface area contributed by atoms with Gasteiger partial charge in [0.2, 0.25) is 5.91 Å². The number of rotatable bonds is 5. The van der Waals surface area contributed by atoms with Gasteiger partial charge in [-0.3, -0.25) is 4.79 Å². The van der Waals surface area contributed by atoms with E-state index in [2.05, 4.69) is 41.5 Å². The Morgan fingerprint density at radius 2 is 1.95 bits per heavy atom. The Kier molecular flexibility index (Phi) is 4.90. The highest BCUT2D eigenvalue weighted by Crippen LogP contribution is 2.30. The fourth-order valence-corrected chi connectivity index (χ4v) is 2.90. The molecular formula is C16H20N2OS. The van der Waals surface area contributed by atoms with Crippen LogP contribution in [0.2, 0.25) is 0 Å². The van der Waals surface area contributed by atoms with Gasteiger partial charge in [-0.15, -0.1) is 11.3 Å². The van der Waals surface area contributed by atoms with Gasteiger partial charge < -0.3 is 5.32 Å². The second-order valence-corrected chi connectivity index (χ2v) is 5.98. The molecule has 0 aliphatic heterocycles. The van der Waals surface area contributed by atoms with Crippen LogP contribution in [0, 0.1) is 6.92 Å². The van der Waals surface area contributed by atoms with Crippen molar-refractivity contribution in [1.29, 1.82) is 0 Å². The van der Waals surface area contributed by atoms with Crippen molar-refractivity contribution < 1.29 is 4.79 Å². The number of anilines is 1. The molecule has 2 rings (SSSR count). The molecule has 0 fully saturated rings. The minimum atomic E-state index is 0.00333. The van der Waals surface area contributed by atoms with E-state index in [1.807, 2.05) is 13.8 Å². The van der Waals surface area contributed by atoms with Crippen LogP contribution in [-0.4, -0.2) is 10.9 Å². The van der Waals surface area contributed by atoms with E-state index in [1.54, 1.807) is 0 Å². The van der Waals surface area contributed by atoms with Crippen LogP contribution in [0.1, 0.15) is 37.1 Å². The summed E-state index contributed by atoms with van der Waals surface area (Å²) in [5.41, 5.74) is 3.42. The maximum Gasteiger partial charge on any atom is 0.225 e. The summed E-state index contributed by atoms with van der Waals surface area (Å²) < 4.78 is 0. The molecule has 1 N–H and O–H groups in total. The van der Waals surface area contributed by atoms with E-state index in [4.69, 9.17) is 0 Å². The van der Waals surface area contributed by atoms with Crippen molar-refractivity contribution in [1.82, 2.24) is 4.98 Å². The number of carbonyl (C=O) groups excluding carboxylic acids is 1. The van der Waals surface area contributed by atoms with Gasteiger partial charge in [-0.25, -0.2) is 4.98 Å². The molecule has 0 aliphatic carbocycles. The summed E-state index contributed by atoms with van der Waals surface area (Å²) >= 11 is 1.52. The molecule has 4 heteroatoms. The number of aryl methyl sites for hydroxylation is 2. The predicted octanol–water partition coefficient (Wildman–Crippen LogP) is 4.42. The molecule has 1 amide bonds. The zero-order valence-electron chi connectivity index (χ0n) is 12.2. The molecule has 0 spiro atoms. The van der Waals surface area contributed by atoms with Crippen LogP contribution in [0.5, 0.6) is 0 Å². The van der Waals surface area contributed by atoms with Crippen LogP contribution in [-0.2, 0) is 11.2 Å². The lowest BCUT2D eigenvalue weighted by Gasteiger charge is -2.02. The molecule has 0 unspecified atom stereocenters. The highest BCUT2D eigenvalue weighted by molar-refractivity contribution is 7.16. The Morgan fingerprint density at radius 3 is 2.55 bits per heavy atom. The number of amides is 1. The van der Waals surface area contributed by atoms with Gasteiger partial charge in [0.15, 0.2) is 5.13 Å². The number of nitrogens with one attached hydrogen (secondary N) is 1. The van der Waals surface area contributed by atoms with Crippen LogP contribution in [0.25, 0.3) is 11.3 Å². The third-order valence-electron chi connectivity index (χ3n) is 3.13. The molecule has 1 aromatic carbocycles. The molecule has 0 saturated heterocycles. The summed E-state index contributed by atoms with van der Waals surface area (Å²) in [6.45, 7) is 6.05. The SMILES string of the molecule is CCCc1ccc(-c2nc(NC(=O)CC)sc2C)cc1. The van der Waals surface area contributed by atoms with E-state index in [0.717, 1.165) is 29.0 Å². The lowest BCUT2D eigenvalue weighted by molar-refractivity contribution is -0.115. The molecule has 3 nitrogen and oxygen atoms in total. The van der Waals surface area contributed by atoms with Crippen molar-refractivity contribution in [2.24, 2.45) is 0 Å². The van der Waals surface area contributed by atoms with Crippen LogP contribution in [0.15, 0.2) is 24.3 Å². The normalized spacial score (nSPS) is 10.6. The first-order valence-electron chi connectivity index (χ1n) is 7.00. The molecule has 0 saturated carbocycles. The largest absolute Gasteiger partial charge is 0.302 e. The van der Waals surface area contributed by atoms with Gasteiger partial charge >= 0.3 is 0 Å². The predicted molar refractivity (Wildman–Crippen MR) is 85.2 cm³/mol. The molecule has 0 atom stereocenters. The van der Waals surface area contributed by atoms with Crippen molar-refractivity contribution in [3.8, 4) is 11.3 Å². The number of benzene rings is 1. The molecule has 0 aliphatic rings. The Morgan fingerprint density at radius 1 is 1.25 bits per heavy atom. The van der Waals surface area contributed by atoms with Crippen LogP contribution >= 0.6 is 11.3 Å². The minimum absolute atomic E-state index is 0.00333. The van der Waals surface area contributed by atoms with E-state index in [0.29, 0.717) is 11.6 Å². The molecule has 20 heavy (non-hydrogen) atoms. The van der Waals surface area contributed by atoms with Crippen molar-refractivity contribution in [3.05, 3.63) is 34.7 Å². The molecule has 2 aromatic rings. The van der Waals surface area contributed by atoms with Crippen molar-refractivity contribution in [2.45, 2.75) is 40.0 Å². The van der Waals surface area contributed by atoms with Gasteiger partial charge in [0.25, 0.3) is 0 Å². The topological polar surface area (TPSA) is 42.0 Å². The molecular weight excluding hydrogens is 268 g/mol. The number of hydrogen-bond donors (Lipinski definition) is 1. The average Bonchev–Trinajstić information content (AvgIpc) is 2.80. The second kappa shape index (κ2) is 6.66.